The van der Waals surface area contributed by atoms with Crippen LogP contribution in [-0.2, 0) is 10.0 Å². The Morgan fingerprint density at radius 2 is 1.75 bits per heavy atom. The molecule has 5 rings (SSSR count). The van der Waals surface area contributed by atoms with Crippen molar-refractivity contribution in [1.82, 2.24) is 15.4 Å². The summed E-state index contributed by atoms with van der Waals surface area (Å²) < 4.78 is 50.5. The molecule has 2 aromatic carbocycles. The Bertz CT molecular complexity index is 1570. The lowest BCUT2D eigenvalue weighted by atomic mass is 10.2. The van der Waals surface area contributed by atoms with Gasteiger partial charge in [-0.15, -0.1) is 0 Å². The van der Waals surface area contributed by atoms with Crippen molar-refractivity contribution in [3.05, 3.63) is 41.6 Å². The number of hydrogen-bond acceptors (Lipinski definition) is 10. The van der Waals surface area contributed by atoms with E-state index in [9.17, 15) is 13.7 Å². The summed E-state index contributed by atoms with van der Waals surface area (Å²) in [6.07, 6.45) is 2.29. The number of aromatic nitrogens is 3. The van der Waals surface area contributed by atoms with E-state index in [2.05, 4.69) is 25.4 Å². The second kappa shape index (κ2) is 8.97. The molecule has 0 unspecified atom stereocenters. The van der Waals surface area contributed by atoms with Gasteiger partial charge in [-0.2, -0.15) is 10.4 Å². The molecule has 13 heteroatoms. The quantitative estimate of drug-likeness (QED) is 0.301. The molecule has 1 fully saturated rings. The summed E-state index contributed by atoms with van der Waals surface area (Å²) in [5, 5.41) is 24.0. The number of hydrogen-bond donors (Lipinski definition) is 3. The van der Waals surface area contributed by atoms with Crippen molar-refractivity contribution < 1.29 is 27.2 Å². The summed E-state index contributed by atoms with van der Waals surface area (Å²) >= 11 is 0. The second-order valence-corrected chi connectivity index (χ2v) is 9.73. The average molecular weight is 511 g/mol. The van der Waals surface area contributed by atoms with Gasteiger partial charge in [0.25, 0.3) is 10.0 Å². The summed E-state index contributed by atoms with van der Waals surface area (Å²) in [4.78, 5) is -0.280. The van der Waals surface area contributed by atoms with Gasteiger partial charge in [0.2, 0.25) is 0 Å². The van der Waals surface area contributed by atoms with Gasteiger partial charge in [-0.25, -0.2) is 8.42 Å². The lowest BCUT2D eigenvalue weighted by Crippen LogP contribution is -2.16. The van der Waals surface area contributed by atoms with E-state index in [-0.39, 0.29) is 27.8 Å². The average Bonchev–Trinajstić information content (AvgIpc) is 3.52. The number of benzene rings is 2. The highest BCUT2D eigenvalue weighted by molar-refractivity contribution is 7.93. The highest BCUT2D eigenvalue weighted by Gasteiger charge is 2.29. The summed E-state index contributed by atoms with van der Waals surface area (Å²) in [7, 11) is -0.172. The molecular formula is C23H22N6O6S. The number of nitriles is 1. The van der Waals surface area contributed by atoms with Crippen LogP contribution < -0.4 is 24.2 Å². The van der Waals surface area contributed by atoms with Crippen LogP contribution in [0.2, 0.25) is 0 Å². The Morgan fingerprint density at radius 1 is 1.06 bits per heavy atom. The smallest absolute Gasteiger partial charge is 0.270 e. The molecule has 2 aromatic heterocycles. The third-order valence-corrected chi connectivity index (χ3v) is 7.16. The fraction of sp³-hybridized carbons (Fsp3) is 0.261. The molecule has 1 saturated carbocycles. The highest BCUT2D eigenvalue weighted by Crippen LogP contribution is 2.41. The molecule has 186 valence electrons. The van der Waals surface area contributed by atoms with Crippen molar-refractivity contribution in [2.75, 3.05) is 31.4 Å². The number of nitrogens with one attached hydrogen (secondary N) is 3. The van der Waals surface area contributed by atoms with Crippen molar-refractivity contribution in [2.45, 2.75) is 23.7 Å². The number of nitrogens with zero attached hydrogens (tertiary/aromatic N) is 3. The Labute approximate surface area is 206 Å². The number of aromatic amines is 1. The molecule has 3 N–H and O–H groups in total. The van der Waals surface area contributed by atoms with E-state index in [1.807, 2.05) is 12.1 Å². The van der Waals surface area contributed by atoms with Gasteiger partial charge >= 0.3 is 0 Å². The Kier molecular flexibility index (Phi) is 5.81. The fourth-order valence-electron chi connectivity index (χ4n) is 3.83. The second-order valence-electron chi connectivity index (χ2n) is 8.11. The number of anilines is 3. The van der Waals surface area contributed by atoms with Crippen LogP contribution >= 0.6 is 0 Å². The number of methoxy groups -OCH3 is 3. The lowest BCUT2D eigenvalue weighted by molar-refractivity contribution is 0.373. The van der Waals surface area contributed by atoms with Gasteiger partial charge in [0.1, 0.15) is 17.2 Å². The van der Waals surface area contributed by atoms with Crippen LogP contribution in [0.4, 0.5) is 17.3 Å². The normalized spacial score (nSPS) is 13.3. The first kappa shape index (κ1) is 23.3. The lowest BCUT2D eigenvalue weighted by Gasteiger charge is -2.14. The molecule has 0 bridgehead atoms. The van der Waals surface area contributed by atoms with Crippen molar-refractivity contribution in [3.8, 4) is 23.3 Å². The van der Waals surface area contributed by atoms with Crippen molar-refractivity contribution in [3.63, 3.8) is 0 Å². The minimum absolute atomic E-state index is 0.0557. The first-order valence-electron chi connectivity index (χ1n) is 10.9. The Morgan fingerprint density at radius 3 is 2.36 bits per heavy atom. The topological polar surface area (TPSA) is 164 Å². The summed E-state index contributed by atoms with van der Waals surface area (Å²) in [6.45, 7) is 0. The van der Waals surface area contributed by atoms with E-state index >= 15 is 0 Å². The fourth-order valence-corrected chi connectivity index (χ4v) is 5.15. The zero-order valence-corrected chi connectivity index (χ0v) is 20.4. The molecule has 2 heterocycles. The van der Waals surface area contributed by atoms with Crippen LogP contribution in [-0.4, -0.2) is 45.1 Å². The maximum atomic E-state index is 13.3. The van der Waals surface area contributed by atoms with Gasteiger partial charge in [0, 0.05) is 23.7 Å². The number of ether oxygens (including phenoxy) is 3. The minimum atomic E-state index is -4.27. The number of sulfonamides is 1. The summed E-state index contributed by atoms with van der Waals surface area (Å²) in [5.74, 6) is 1.40. The first-order chi connectivity index (χ1) is 17.4. The number of H-pyrrole nitrogens is 1. The number of fused-ring (bicyclic) bond motifs is 1. The zero-order chi connectivity index (χ0) is 25.4. The Hall–Kier alpha value is -4.44. The van der Waals surface area contributed by atoms with Crippen LogP contribution in [0.5, 0.6) is 17.2 Å². The van der Waals surface area contributed by atoms with Crippen LogP contribution in [0.15, 0.2) is 39.8 Å². The van der Waals surface area contributed by atoms with Gasteiger partial charge in [-0.05, 0) is 31.0 Å². The first-order valence-corrected chi connectivity index (χ1v) is 12.3. The molecular weight excluding hydrogens is 488 g/mol. The number of rotatable bonds is 9. The van der Waals surface area contributed by atoms with Gasteiger partial charge in [0.15, 0.2) is 22.1 Å². The highest BCUT2D eigenvalue weighted by atomic mass is 32.2. The predicted octanol–water partition coefficient (Wildman–Crippen LogP) is 3.87. The monoisotopic (exact) mass is 510 g/mol. The van der Waals surface area contributed by atoms with E-state index in [1.165, 1.54) is 33.5 Å². The molecule has 0 atom stereocenters. The van der Waals surface area contributed by atoms with E-state index in [0.29, 0.717) is 34.1 Å². The van der Waals surface area contributed by atoms with Crippen molar-refractivity contribution in [1.29, 1.82) is 5.26 Å². The largest absolute Gasteiger partial charge is 0.495 e. The van der Waals surface area contributed by atoms with Crippen LogP contribution in [0, 0.1) is 11.3 Å². The van der Waals surface area contributed by atoms with Gasteiger partial charge < -0.3 is 24.1 Å². The molecule has 0 spiro atoms. The molecule has 0 aliphatic heterocycles. The van der Waals surface area contributed by atoms with Crippen LogP contribution in [0.3, 0.4) is 0 Å². The van der Waals surface area contributed by atoms with Crippen LogP contribution in [0.25, 0.3) is 11.0 Å². The van der Waals surface area contributed by atoms with Crippen molar-refractivity contribution in [2.24, 2.45) is 0 Å². The van der Waals surface area contributed by atoms with E-state index in [0.717, 1.165) is 18.5 Å². The van der Waals surface area contributed by atoms with Crippen molar-refractivity contribution >= 4 is 38.3 Å². The standard InChI is InChI=1S/C23H22N6O6S/c1-32-18-8-14-17(9-16(18)25-21-10-15(26-27-21)13-4-5-13)35-28-23(14)29-36(30,31)22-19(33-2)6-12(11-24)7-20(22)34-3/h6-10,13H,4-5H2,1-3H3,(H,28,29)(H2,25,26,27). The van der Waals surface area contributed by atoms with Gasteiger partial charge in [-0.1, -0.05) is 5.16 Å². The molecule has 36 heavy (non-hydrogen) atoms. The van der Waals surface area contributed by atoms with Crippen LogP contribution in [0.1, 0.15) is 30.0 Å². The molecule has 1 aliphatic carbocycles. The molecule has 0 saturated heterocycles. The van der Waals surface area contributed by atoms with E-state index in [1.54, 1.807) is 12.1 Å². The Balaban J connectivity index is 1.49. The van der Waals surface area contributed by atoms with E-state index < -0.39 is 10.0 Å². The molecule has 0 amide bonds. The molecule has 1 aliphatic rings. The summed E-state index contributed by atoms with van der Waals surface area (Å²) in [6, 6.07) is 9.75. The molecule has 0 radical (unpaired) electrons. The molecule has 4 aromatic rings. The minimum Gasteiger partial charge on any atom is -0.495 e. The van der Waals surface area contributed by atoms with Gasteiger partial charge in [-0.3, -0.25) is 9.82 Å². The third kappa shape index (κ3) is 4.22. The predicted molar refractivity (Wildman–Crippen MR) is 129 cm³/mol. The SMILES string of the molecule is COc1cc2c(NS(=O)(=O)c3c(OC)cc(C#N)cc3OC)noc2cc1Nc1cc(C2CC2)[nH]n1. The zero-order valence-electron chi connectivity index (χ0n) is 19.6. The van der Waals surface area contributed by atoms with Gasteiger partial charge in [0.05, 0.1) is 44.0 Å². The third-order valence-electron chi connectivity index (χ3n) is 5.76. The maximum Gasteiger partial charge on any atom is 0.270 e. The molecule has 12 nitrogen and oxygen atoms in total. The summed E-state index contributed by atoms with van der Waals surface area (Å²) in [5.41, 5.74) is 2.13. The van der Waals surface area contributed by atoms with E-state index in [4.69, 9.17) is 18.7 Å². The maximum absolute atomic E-state index is 13.3.